The number of hydrogen-bond acceptors (Lipinski definition) is 5. The number of nitrogens with zero attached hydrogens (tertiary/aromatic N) is 2. The second-order valence-corrected chi connectivity index (χ2v) is 7.58. The number of amides is 3. The van der Waals surface area contributed by atoms with Gasteiger partial charge in [-0.3, -0.25) is 14.4 Å². The number of pyridine rings is 1. The zero-order valence-electron chi connectivity index (χ0n) is 16.8. The van der Waals surface area contributed by atoms with Gasteiger partial charge in [0, 0.05) is 11.9 Å². The molecule has 31 heavy (non-hydrogen) atoms. The molecule has 2 aromatic carbocycles. The number of fused-ring (bicyclic) bond motifs is 1. The maximum absolute atomic E-state index is 12.7. The number of imide groups is 1. The average Bonchev–Trinajstić information content (AvgIpc) is 3.00. The van der Waals surface area contributed by atoms with Crippen LogP contribution in [-0.2, 0) is 0 Å². The Balaban J connectivity index is 1.55. The first-order valence-corrected chi connectivity index (χ1v) is 9.94. The molecule has 1 aliphatic rings. The number of aromatic nitrogens is 1. The number of rotatable bonds is 5. The van der Waals surface area contributed by atoms with E-state index in [0.29, 0.717) is 22.5 Å². The standard InChI is InChI=1S/C23H18ClN3O4/c1-13(2)31-21-19(24)10-14(12-25-21)20(28)26-15-6-5-7-16(11-15)27-22(29)17-8-3-4-9-18(17)23(27)30/h3-13H,1-2H3,(H,26,28). The van der Waals surface area contributed by atoms with Crippen molar-refractivity contribution in [1.29, 1.82) is 0 Å². The second-order valence-electron chi connectivity index (χ2n) is 7.17. The molecule has 0 bridgehead atoms. The van der Waals surface area contributed by atoms with Crippen LogP contribution < -0.4 is 15.0 Å². The predicted octanol–water partition coefficient (Wildman–Crippen LogP) is 4.58. The first-order chi connectivity index (χ1) is 14.8. The summed E-state index contributed by atoms with van der Waals surface area (Å²) in [5.74, 6) is -0.993. The van der Waals surface area contributed by atoms with E-state index in [9.17, 15) is 14.4 Å². The Morgan fingerprint density at radius 1 is 1.03 bits per heavy atom. The van der Waals surface area contributed by atoms with Crippen molar-refractivity contribution in [1.82, 2.24) is 4.98 Å². The lowest BCUT2D eigenvalue weighted by molar-refractivity contribution is 0.0925. The van der Waals surface area contributed by atoms with Crippen LogP contribution >= 0.6 is 11.6 Å². The molecule has 1 N–H and O–H groups in total. The third-order valence-corrected chi connectivity index (χ3v) is 4.84. The Bertz CT molecular complexity index is 1170. The monoisotopic (exact) mass is 435 g/mol. The van der Waals surface area contributed by atoms with Gasteiger partial charge in [-0.25, -0.2) is 9.88 Å². The van der Waals surface area contributed by atoms with Crippen LogP contribution in [0.25, 0.3) is 0 Å². The molecule has 0 fully saturated rings. The number of hydrogen-bond donors (Lipinski definition) is 1. The van der Waals surface area contributed by atoms with Crippen molar-refractivity contribution in [2.24, 2.45) is 0 Å². The molecule has 3 aromatic rings. The van der Waals surface area contributed by atoms with Gasteiger partial charge >= 0.3 is 0 Å². The first-order valence-electron chi connectivity index (χ1n) is 9.56. The van der Waals surface area contributed by atoms with E-state index in [4.69, 9.17) is 16.3 Å². The van der Waals surface area contributed by atoms with Gasteiger partial charge in [-0.15, -0.1) is 0 Å². The minimum absolute atomic E-state index is 0.102. The van der Waals surface area contributed by atoms with Crippen LogP contribution in [0.3, 0.4) is 0 Å². The Hall–Kier alpha value is -3.71. The summed E-state index contributed by atoms with van der Waals surface area (Å²) in [5, 5.41) is 2.96. The summed E-state index contributed by atoms with van der Waals surface area (Å²) in [6.45, 7) is 3.69. The molecule has 0 atom stereocenters. The number of anilines is 2. The van der Waals surface area contributed by atoms with Crippen molar-refractivity contribution in [3.05, 3.63) is 82.5 Å². The maximum Gasteiger partial charge on any atom is 0.266 e. The second kappa shape index (κ2) is 8.20. The highest BCUT2D eigenvalue weighted by Crippen LogP contribution is 2.30. The van der Waals surface area contributed by atoms with Crippen molar-refractivity contribution >= 4 is 40.7 Å². The highest BCUT2D eigenvalue weighted by molar-refractivity contribution is 6.34. The number of carbonyl (C=O) groups excluding carboxylic acids is 3. The van der Waals surface area contributed by atoms with Gasteiger partial charge in [0.05, 0.1) is 28.5 Å². The minimum Gasteiger partial charge on any atom is -0.474 e. The number of benzene rings is 2. The van der Waals surface area contributed by atoms with Gasteiger partial charge < -0.3 is 10.1 Å². The molecular weight excluding hydrogens is 418 g/mol. The van der Waals surface area contributed by atoms with E-state index in [1.807, 2.05) is 13.8 Å². The lowest BCUT2D eigenvalue weighted by Crippen LogP contribution is -2.29. The summed E-state index contributed by atoms with van der Waals surface area (Å²) in [5.41, 5.74) is 1.73. The van der Waals surface area contributed by atoms with Crippen molar-refractivity contribution < 1.29 is 19.1 Å². The summed E-state index contributed by atoms with van der Waals surface area (Å²) < 4.78 is 5.47. The topological polar surface area (TPSA) is 88.6 Å². The van der Waals surface area contributed by atoms with E-state index >= 15 is 0 Å². The Morgan fingerprint density at radius 3 is 2.32 bits per heavy atom. The van der Waals surface area contributed by atoms with Crippen LogP contribution in [-0.4, -0.2) is 28.8 Å². The largest absolute Gasteiger partial charge is 0.474 e. The van der Waals surface area contributed by atoms with E-state index in [2.05, 4.69) is 10.3 Å². The fraction of sp³-hybridized carbons (Fsp3) is 0.130. The zero-order valence-corrected chi connectivity index (χ0v) is 17.5. The molecule has 4 rings (SSSR count). The van der Waals surface area contributed by atoms with E-state index < -0.39 is 17.7 Å². The smallest absolute Gasteiger partial charge is 0.266 e. The average molecular weight is 436 g/mol. The third-order valence-electron chi connectivity index (χ3n) is 4.57. The van der Waals surface area contributed by atoms with E-state index in [-0.39, 0.29) is 22.6 Å². The minimum atomic E-state index is -0.440. The van der Waals surface area contributed by atoms with Crippen molar-refractivity contribution in [3.63, 3.8) is 0 Å². The van der Waals surface area contributed by atoms with E-state index in [0.717, 1.165) is 4.90 Å². The molecule has 7 nitrogen and oxygen atoms in total. The Kier molecular flexibility index (Phi) is 5.44. The molecule has 1 aromatic heterocycles. The lowest BCUT2D eigenvalue weighted by atomic mass is 10.1. The highest BCUT2D eigenvalue weighted by Gasteiger charge is 2.36. The molecule has 0 aliphatic carbocycles. The summed E-state index contributed by atoms with van der Waals surface area (Å²) in [7, 11) is 0. The molecule has 156 valence electrons. The Labute approximate surface area is 183 Å². The van der Waals surface area contributed by atoms with Gasteiger partial charge in [-0.05, 0) is 50.2 Å². The molecule has 0 saturated heterocycles. The number of carbonyl (C=O) groups is 3. The fourth-order valence-electron chi connectivity index (χ4n) is 3.21. The van der Waals surface area contributed by atoms with Crippen LogP contribution in [0.4, 0.5) is 11.4 Å². The molecular formula is C23H18ClN3O4. The normalized spacial score (nSPS) is 12.8. The van der Waals surface area contributed by atoms with Gasteiger partial charge in [0.1, 0.15) is 5.02 Å². The van der Waals surface area contributed by atoms with Gasteiger partial charge in [0.2, 0.25) is 5.88 Å². The first kappa shape index (κ1) is 20.6. The molecule has 2 heterocycles. The number of nitrogens with one attached hydrogen (secondary N) is 1. The molecule has 8 heteroatoms. The Morgan fingerprint density at radius 2 is 1.71 bits per heavy atom. The maximum atomic E-state index is 12.7. The van der Waals surface area contributed by atoms with E-state index in [1.165, 1.54) is 12.3 Å². The zero-order chi connectivity index (χ0) is 22.1. The molecule has 0 radical (unpaired) electrons. The quantitative estimate of drug-likeness (QED) is 0.593. The van der Waals surface area contributed by atoms with Crippen molar-refractivity contribution in [2.75, 3.05) is 10.2 Å². The van der Waals surface area contributed by atoms with Crippen LogP contribution in [0.1, 0.15) is 44.9 Å². The van der Waals surface area contributed by atoms with Gasteiger partial charge in [0.15, 0.2) is 0 Å². The van der Waals surface area contributed by atoms with Crippen LogP contribution in [0, 0.1) is 0 Å². The SMILES string of the molecule is CC(C)Oc1ncc(C(=O)Nc2cccc(N3C(=O)c4ccccc4C3=O)c2)cc1Cl. The summed E-state index contributed by atoms with van der Waals surface area (Å²) in [6, 6.07) is 14.6. The highest BCUT2D eigenvalue weighted by atomic mass is 35.5. The lowest BCUT2D eigenvalue weighted by Gasteiger charge is -2.15. The van der Waals surface area contributed by atoms with Gasteiger partial charge in [-0.1, -0.05) is 29.8 Å². The molecule has 3 amide bonds. The van der Waals surface area contributed by atoms with Crippen LogP contribution in [0.2, 0.25) is 5.02 Å². The van der Waals surface area contributed by atoms with Crippen molar-refractivity contribution in [3.8, 4) is 5.88 Å². The van der Waals surface area contributed by atoms with Crippen molar-refractivity contribution in [2.45, 2.75) is 20.0 Å². The number of halogens is 1. The fourth-order valence-corrected chi connectivity index (χ4v) is 3.42. The summed E-state index contributed by atoms with van der Waals surface area (Å²) in [6.07, 6.45) is 1.27. The predicted molar refractivity (Wildman–Crippen MR) is 117 cm³/mol. The molecule has 1 aliphatic heterocycles. The van der Waals surface area contributed by atoms with Crippen LogP contribution in [0.15, 0.2) is 60.8 Å². The molecule has 0 spiro atoms. The molecule has 0 unspecified atom stereocenters. The van der Waals surface area contributed by atoms with Gasteiger partial charge in [0.25, 0.3) is 17.7 Å². The van der Waals surface area contributed by atoms with Gasteiger partial charge in [-0.2, -0.15) is 0 Å². The number of ether oxygens (including phenoxy) is 1. The molecule has 0 saturated carbocycles. The summed E-state index contributed by atoms with van der Waals surface area (Å²) in [4.78, 5) is 43.2. The van der Waals surface area contributed by atoms with Crippen LogP contribution in [0.5, 0.6) is 5.88 Å². The van der Waals surface area contributed by atoms with E-state index in [1.54, 1.807) is 48.5 Å². The summed E-state index contributed by atoms with van der Waals surface area (Å²) >= 11 is 6.16. The third kappa shape index (κ3) is 4.00.